The van der Waals surface area contributed by atoms with Crippen LogP contribution in [0.2, 0.25) is 5.02 Å². The van der Waals surface area contributed by atoms with Crippen molar-refractivity contribution in [1.29, 1.82) is 0 Å². The number of carbonyl (C=O) groups excluding carboxylic acids is 1. The average Bonchev–Trinajstić information content (AvgIpc) is 3.33. The fourth-order valence-electron chi connectivity index (χ4n) is 3.71. The molecule has 2 N–H and O–H groups in total. The molecule has 0 aliphatic rings. The molecular weight excluding hydrogens is 488 g/mol. The van der Waals surface area contributed by atoms with Gasteiger partial charge in [0.25, 0.3) is 0 Å². The van der Waals surface area contributed by atoms with Gasteiger partial charge in [0.05, 0.1) is 11.3 Å². The Hall–Kier alpha value is -2.97. The highest BCUT2D eigenvalue weighted by atomic mass is 35.5. The summed E-state index contributed by atoms with van der Waals surface area (Å²) in [5, 5.41) is 7.79. The molecule has 0 saturated heterocycles. The molecule has 1 amide bonds. The minimum Gasteiger partial charge on any atom is -0.334 e. The first-order valence-electron chi connectivity index (χ1n) is 10.6. The van der Waals surface area contributed by atoms with Gasteiger partial charge in [-0.3, -0.25) is 4.79 Å². The Kier molecular flexibility index (Phi) is 7.48. The van der Waals surface area contributed by atoms with Crippen molar-refractivity contribution in [3.05, 3.63) is 111 Å². The van der Waals surface area contributed by atoms with Crippen LogP contribution in [0.3, 0.4) is 0 Å². The van der Waals surface area contributed by atoms with Gasteiger partial charge in [-0.15, -0.1) is 11.3 Å². The lowest BCUT2D eigenvalue weighted by molar-refractivity contribution is -0.131. The molecule has 34 heavy (non-hydrogen) atoms. The van der Waals surface area contributed by atoms with Gasteiger partial charge in [0.2, 0.25) is 15.9 Å². The van der Waals surface area contributed by atoms with Crippen molar-refractivity contribution < 1.29 is 13.2 Å². The van der Waals surface area contributed by atoms with Crippen molar-refractivity contribution in [2.45, 2.75) is 24.4 Å². The maximum Gasteiger partial charge on any atom is 0.238 e. The van der Waals surface area contributed by atoms with E-state index in [4.69, 9.17) is 16.7 Å². The number of nitrogens with zero attached hydrogens (tertiary/aromatic N) is 1. The molecule has 174 valence electrons. The highest BCUT2D eigenvalue weighted by Gasteiger charge is 2.19. The van der Waals surface area contributed by atoms with Crippen LogP contribution in [0.25, 0.3) is 11.1 Å². The molecule has 0 bridgehead atoms. The Balaban J connectivity index is 1.62. The lowest BCUT2D eigenvalue weighted by atomic mass is 10.0. The molecule has 1 aromatic heterocycles. The molecule has 0 saturated carbocycles. The first kappa shape index (κ1) is 24.2. The zero-order valence-corrected chi connectivity index (χ0v) is 20.6. The lowest BCUT2D eigenvalue weighted by Gasteiger charge is -2.24. The van der Waals surface area contributed by atoms with Crippen molar-refractivity contribution in [2.75, 3.05) is 0 Å². The van der Waals surface area contributed by atoms with Gasteiger partial charge in [-0.25, -0.2) is 13.6 Å². The van der Waals surface area contributed by atoms with Gasteiger partial charge in [0.1, 0.15) is 0 Å². The normalized spacial score (nSPS) is 11.4. The SMILES string of the molecule is NS(=O)(=O)c1ccccc1-c1ccc(CN(Cc2ccccc2)C(=O)Cc2cccs2)c(Cl)c1. The van der Waals surface area contributed by atoms with E-state index < -0.39 is 10.0 Å². The predicted molar refractivity (Wildman–Crippen MR) is 137 cm³/mol. The Morgan fingerprint density at radius 2 is 1.65 bits per heavy atom. The molecular formula is C26H23ClN2O3S2. The number of rotatable bonds is 8. The van der Waals surface area contributed by atoms with E-state index in [1.54, 1.807) is 46.6 Å². The molecule has 1 heterocycles. The van der Waals surface area contributed by atoms with Gasteiger partial charge in [-0.05, 0) is 40.3 Å². The summed E-state index contributed by atoms with van der Waals surface area (Å²) >= 11 is 8.18. The molecule has 8 heteroatoms. The standard InChI is InChI=1S/C26H23ClN2O3S2/c27-24-15-20(23-10-4-5-11-25(23)34(28,31)32)12-13-21(24)18-29(17-19-7-2-1-3-8-19)26(30)16-22-9-6-14-33-22/h1-15H,16-18H2,(H2,28,31,32). The Morgan fingerprint density at radius 1 is 0.912 bits per heavy atom. The number of sulfonamides is 1. The van der Waals surface area contributed by atoms with Gasteiger partial charge in [0.15, 0.2) is 0 Å². The highest BCUT2D eigenvalue weighted by Crippen LogP contribution is 2.31. The van der Waals surface area contributed by atoms with Crippen LogP contribution in [0.15, 0.2) is 95.2 Å². The van der Waals surface area contributed by atoms with Crippen LogP contribution in [0.5, 0.6) is 0 Å². The maximum absolute atomic E-state index is 13.2. The first-order chi connectivity index (χ1) is 16.3. The summed E-state index contributed by atoms with van der Waals surface area (Å²) in [5.74, 6) is 0.00557. The zero-order chi connectivity index (χ0) is 24.1. The molecule has 0 radical (unpaired) electrons. The minimum absolute atomic E-state index is 0.00557. The number of hydrogen-bond donors (Lipinski definition) is 1. The predicted octanol–water partition coefficient (Wildman–Crippen LogP) is 5.49. The molecule has 0 atom stereocenters. The number of thiophene rings is 1. The van der Waals surface area contributed by atoms with Crippen LogP contribution in [0, 0.1) is 0 Å². The quantitative estimate of drug-likeness (QED) is 0.340. The smallest absolute Gasteiger partial charge is 0.238 e. The second-order valence-corrected chi connectivity index (χ2v) is 10.8. The number of amides is 1. The minimum atomic E-state index is -3.89. The fourth-order valence-corrected chi connectivity index (χ4v) is 5.41. The summed E-state index contributed by atoms with van der Waals surface area (Å²) in [5.41, 5.74) is 2.91. The van der Waals surface area contributed by atoms with Crippen molar-refractivity contribution in [1.82, 2.24) is 4.90 Å². The maximum atomic E-state index is 13.2. The van der Waals surface area contributed by atoms with Crippen LogP contribution >= 0.6 is 22.9 Å². The Morgan fingerprint density at radius 3 is 2.32 bits per heavy atom. The number of carbonyl (C=O) groups is 1. The molecule has 4 rings (SSSR count). The first-order valence-corrected chi connectivity index (χ1v) is 13.4. The lowest BCUT2D eigenvalue weighted by Crippen LogP contribution is -2.31. The van der Waals surface area contributed by atoms with E-state index in [1.807, 2.05) is 53.9 Å². The van der Waals surface area contributed by atoms with Gasteiger partial charge in [-0.2, -0.15) is 0 Å². The van der Waals surface area contributed by atoms with Crippen LogP contribution in [-0.2, 0) is 34.3 Å². The summed E-state index contributed by atoms with van der Waals surface area (Å²) in [7, 11) is -3.89. The Labute approximate surface area is 208 Å². The monoisotopic (exact) mass is 510 g/mol. The fraction of sp³-hybridized carbons (Fsp3) is 0.115. The third kappa shape index (κ3) is 5.93. The third-order valence-electron chi connectivity index (χ3n) is 5.39. The molecule has 0 unspecified atom stereocenters. The number of nitrogens with two attached hydrogens (primary N) is 1. The highest BCUT2D eigenvalue weighted by molar-refractivity contribution is 7.89. The molecule has 4 aromatic rings. The number of hydrogen-bond acceptors (Lipinski definition) is 4. The van der Waals surface area contributed by atoms with E-state index in [-0.39, 0.29) is 10.8 Å². The van der Waals surface area contributed by atoms with Crippen molar-refractivity contribution in [3.63, 3.8) is 0 Å². The number of halogens is 1. The van der Waals surface area contributed by atoms with Gasteiger partial charge < -0.3 is 4.90 Å². The van der Waals surface area contributed by atoms with E-state index in [0.29, 0.717) is 35.7 Å². The van der Waals surface area contributed by atoms with E-state index in [9.17, 15) is 13.2 Å². The van der Waals surface area contributed by atoms with Crippen LogP contribution in [0.4, 0.5) is 0 Å². The van der Waals surface area contributed by atoms with Crippen LogP contribution in [0.1, 0.15) is 16.0 Å². The molecule has 5 nitrogen and oxygen atoms in total. The average molecular weight is 511 g/mol. The van der Waals surface area contributed by atoms with Crippen molar-refractivity contribution >= 4 is 38.9 Å². The van der Waals surface area contributed by atoms with E-state index in [0.717, 1.165) is 16.0 Å². The van der Waals surface area contributed by atoms with Gasteiger partial charge in [-0.1, -0.05) is 78.3 Å². The van der Waals surface area contributed by atoms with Gasteiger partial charge in [0, 0.05) is 28.6 Å². The second-order valence-electron chi connectivity index (χ2n) is 7.84. The summed E-state index contributed by atoms with van der Waals surface area (Å²) in [6.07, 6.45) is 0.321. The number of benzene rings is 3. The topological polar surface area (TPSA) is 80.5 Å². The molecule has 0 fully saturated rings. The van der Waals surface area contributed by atoms with E-state index in [1.165, 1.54) is 6.07 Å². The third-order valence-corrected chi connectivity index (χ3v) is 7.59. The van der Waals surface area contributed by atoms with Crippen LogP contribution < -0.4 is 5.14 Å². The zero-order valence-electron chi connectivity index (χ0n) is 18.2. The van der Waals surface area contributed by atoms with E-state index in [2.05, 4.69) is 0 Å². The summed E-state index contributed by atoms with van der Waals surface area (Å²) in [6.45, 7) is 0.784. The summed E-state index contributed by atoms with van der Waals surface area (Å²) in [6, 6.07) is 25.6. The molecule has 0 aliphatic heterocycles. The molecule has 0 aliphatic carbocycles. The van der Waals surface area contributed by atoms with Crippen LogP contribution in [-0.4, -0.2) is 19.2 Å². The van der Waals surface area contributed by atoms with E-state index >= 15 is 0 Å². The number of primary sulfonamides is 1. The second kappa shape index (κ2) is 10.5. The largest absolute Gasteiger partial charge is 0.334 e. The molecule has 3 aromatic carbocycles. The summed E-state index contributed by atoms with van der Waals surface area (Å²) in [4.78, 5) is 16.0. The van der Waals surface area contributed by atoms with Gasteiger partial charge >= 0.3 is 0 Å². The van der Waals surface area contributed by atoms with Crippen molar-refractivity contribution in [2.24, 2.45) is 5.14 Å². The summed E-state index contributed by atoms with van der Waals surface area (Å²) < 4.78 is 24.0. The van der Waals surface area contributed by atoms with Crippen molar-refractivity contribution in [3.8, 4) is 11.1 Å². The Bertz CT molecular complexity index is 1390. The molecule has 0 spiro atoms.